The van der Waals surface area contributed by atoms with E-state index in [-0.39, 0.29) is 24.4 Å². The van der Waals surface area contributed by atoms with Crippen molar-refractivity contribution >= 4 is 0 Å². The van der Waals surface area contributed by atoms with Crippen molar-refractivity contribution in [3.05, 3.63) is 41.3 Å². The minimum Gasteiger partial charge on any atom is -0.485 e. The number of nitrogens with zero attached hydrogens (tertiary/aromatic N) is 2. The highest BCUT2D eigenvalue weighted by Crippen LogP contribution is 2.25. The number of hydrogen-bond donors (Lipinski definition) is 1. The Hall–Kier alpha value is -1.95. The molecule has 2 N–H and O–H groups in total. The molecule has 2 rings (SSSR count). The van der Waals surface area contributed by atoms with E-state index in [0.717, 1.165) is 5.56 Å². The van der Waals surface area contributed by atoms with E-state index >= 15 is 0 Å². The van der Waals surface area contributed by atoms with Crippen LogP contribution in [0.1, 0.15) is 50.0 Å². The van der Waals surface area contributed by atoms with Gasteiger partial charge in [0, 0.05) is 23.6 Å². The Labute approximate surface area is 116 Å². The van der Waals surface area contributed by atoms with Gasteiger partial charge in [-0.15, -0.1) is 0 Å². The van der Waals surface area contributed by atoms with Gasteiger partial charge in [-0.2, -0.15) is 4.98 Å². The highest BCUT2D eigenvalue weighted by Gasteiger charge is 2.13. The van der Waals surface area contributed by atoms with E-state index < -0.39 is 0 Å². The molecule has 1 atom stereocenters. The van der Waals surface area contributed by atoms with Crippen LogP contribution in [-0.2, 0) is 6.61 Å². The van der Waals surface area contributed by atoms with Gasteiger partial charge in [-0.25, -0.2) is 4.39 Å². The van der Waals surface area contributed by atoms with Crippen LogP contribution in [0.3, 0.4) is 0 Å². The number of aromatic nitrogens is 2. The smallest absolute Gasteiger partial charge is 0.229 e. The first-order valence-corrected chi connectivity index (χ1v) is 6.47. The monoisotopic (exact) mass is 279 g/mol. The lowest BCUT2D eigenvalue weighted by molar-refractivity contribution is 0.279. The molecule has 0 aliphatic carbocycles. The molecule has 0 aliphatic rings. The molecule has 0 bridgehead atoms. The third-order valence-corrected chi connectivity index (χ3v) is 2.80. The van der Waals surface area contributed by atoms with Gasteiger partial charge in [-0.1, -0.05) is 25.1 Å². The fraction of sp³-hybridized carbons (Fsp3) is 0.429. The molecule has 0 radical (unpaired) electrons. The van der Waals surface area contributed by atoms with Gasteiger partial charge in [0.25, 0.3) is 0 Å². The summed E-state index contributed by atoms with van der Waals surface area (Å²) in [4.78, 5) is 4.19. The second kappa shape index (κ2) is 6.00. The molecule has 5 nitrogen and oxygen atoms in total. The van der Waals surface area contributed by atoms with Crippen molar-refractivity contribution in [2.45, 2.75) is 39.3 Å². The summed E-state index contributed by atoms with van der Waals surface area (Å²) in [7, 11) is 0. The number of hydrogen-bond acceptors (Lipinski definition) is 5. The molecule has 0 amide bonds. The van der Waals surface area contributed by atoms with Crippen molar-refractivity contribution in [1.82, 2.24) is 10.1 Å². The number of benzene rings is 1. The van der Waals surface area contributed by atoms with E-state index in [0.29, 0.717) is 17.5 Å². The molecule has 0 fully saturated rings. The van der Waals surface area contributed by atoms with Crippen LogP contribution >= 0.6 is 0 Å². The lowest BCUT2D eigenvalue weighted by Crippen LogP contribution is -2.09. The Morgan fingerprint density at radius 1 is 1.35 bits per heavy atom. The first-order valence-electron chi connectivity index (χ1n) is 6.47. The highest BCUT2D eigenvalue weighted by atomic mass is 19.1. The minimum atomic E-state index is -0.375. The molecule has 1 aromatic carbocycles. The quantitative estimate of drug-likeness (QED) is 0.910. The van der Waals surface area contributed by atoms with Crippen molar-refractivity contribution in [3.63, 3.8) is 0 Å². The van der Waals surface area contributed by atoms with E-state index in [1.54, 1.807) is 6.07 Å². The molecule has 0 aliphatic heterocycles. The fourth-order valence-electron chi connectivity index (χ4n) is 1.71. The Morgan fingerprint density at radius 2 is 2.10 bits per heavy atom. The first-order chi connectivity index (χ1) is 9.47. The Bertz CT molecular complexity index is 582. The molecular weight excluding hydrogens is 261 g/mol. The van der Waals surface area contributed by atoms with Crippen LogP contribution in [0.15, 0.2) is 22.7 Å². The highest BCUT2D eigenvalue weighted by molar-refractivity contribution is 5.36. The van der Waals surface area contributed by atoms with Crippen molar-refractivity contribution in [2.75, 3.05) is 0 Å². The van der Waals surface area contributed by atoms with Crippen LogP contribution in [0.2, 0.25) is 0 Å². The second-order valence-electron chi connectivity index (χ2n) is 4.96. The van der Waals surface area contributed by atoms with Gasteiger partial charge in [0.05, 0.1) is 0 Å². The maximum absolute atomic E-state index is 13.3. The zero-order chi connectivity index (χ0) is 14.7. The predicted molar refractivity (Wildman–Crippen MR) is 71.7 cm³/mol. The zero-order valence-electron chi connectivity index (χ0n) is 11.8. The maximum atomic E-state index is 13.3. The lowest BCUT2D eigenvalue weighted by Gasteiger charge is -2.12. The normalized spacial score (nSPS) is 12.7. The van der Waals surface area contributed by atoms with Gasteiger partial charge in [0.15, 0.2) is 6.61 Å². The van der Waals surface area contributed by atoms with Gasteiger partial charge in [-0.05, 0) is 13.0 Å². The molecule has 0 saturated heterocycles. The van der Waals surface area contributed by atoms with Gasteiger partial charge in [-0.3, -0.25) is 0 Å². The summed E-state index contributed by atoms with van der Waals surface area (Å²) in [5, 5.41) is 3.81. The van der Waals surface area contributed by atoms with Gasteiger partial charge < -0.3 is 15.0 Å². The average molecular weight is 279 g/mol. The number of ether oxygens (including phenoxy) is 1. The summed E-state index contributed by atoms with van der Waals surface area (Å²) in [6.07, 6.45) is 0. The summed E-state index contributed by atoms with van der Waals surface area (Å²) < 4.78 is 23.9. The molecule has 108 valence electrons. The molecule has 6 heteroatoms. The summed E-state index contributed by atoms with van der Waals surface area (Å²) in [5.74, 6) is 1.16. The predicted octanol–water partition coefficient (Wildman–Crippen LogP) is 2.93. The van der Waals surface area contributed by atoms with E-state index in [2.05, 4.69) is 10.1 Å². The van der Waals surface area contributed by atoms with Crippen molar-refractivity contribution in [2.24, 2.45) is 5.73 Å². The van der Waals surface area contributed by atoms with Gasteiger partial charge in [0.1, 0.15) is 11.6 Å². The van der Waals surface area contributed by atoms with Crippen LogP contribution in [0.25, 0.3) is 0 Å². The summed E-state index contributed by atoms with van der Waals surface area (Å²) in [6, 6.07) is 4.03. The maximum Gasteiger partial charge on any atom is 0.229 e. The van der Waals surface area contributed by atoms with Crippen molar-refractivity contribution in [3.8, 4) is 5.75 Å². The Morgan fingerprint density at radius 3 is 2.70 bits per heavy atom. The topological polar surface area (TPSA) is 74.2 Å². The second-order valence-corrected chi connectivity index (χ2v) is 4.96. The molecule has 1 heterocycles. The largest absolute Gasteiger partial charge is 0.485 e. The third kappa shape index (κ3) is 3.33. The lowest BCUT2D eigenvalue weighted by atomic mass is 10.1. The summed E-state index contributed by atoms with van der Waals surface area (Å²) in [5.41, 5.74) is 6.56. The standard InChI is InChI=1S/C14H18FN3O2/c1-8(2)14-17-13(18-20-14)7-19-12-6-10(15)4-5-11(12)9(3)16/h4-6,8-9H,7,16H2,1-3H3/t9-/m0/s1. The van der Waals surface area contributed by atoms with Gasteiger partial charge >= 0.3 is 0 Å². The van der Waals surface area contributed by atoms with E-state index in [1.165, 1.54) is 12.1 Å². The molecule has 0 saturated carbocycles. The van der Waals surface area contributed by atoms with E-state index in [9.17, 15) is 4.39 Å². The minimum absolute atomic E-state index is 0.111. The number of halogens is 1. The average Bonchev–Trinajstić information content (AvgIpc) is 2.85. The van der Waals surface area contributed by atoms with Crippen LogP contribution in [0.4, 0.5) is 4.39 Å². The number of rotatable bonds is 5. The third-order valence-electron chi connectivity index (χ3n) is 2.80. The van der Waals surface area contributed by atoms with Crippen LogP contribution < -0.4 is 10.5 Å². The molecule has 20 heavy (non-hydrogen) atoms. The number of nitrogens with two attached hydrogens (primary N) is 1. The summed E-state index contributed by atoms with van der Waals surface area (Å²) in [6.45, 7) is 5.84. The van der Waals surface area contributed by atoms with Gasteiger partial charge in [0.2, 0.25) is 11.7 Å². The van der Waals surface area contributed by atoms with Crippen LogP contribution in [-0.4, -0.2) is 10.1 Å². The van der Waals surface area contributed by atoms with E-state index in [4.69, 9.17) is 15.0 Å². The zero-order valence-corrected chi connectivity index (χ0v) is 11.8. The summed E-state index contributed by atoms with van der Waals surface area (Å²) >= 11 is 0. The Balaban J connectivity index is 2.11. The Kier molecular flexibility index (Phi) is 4.34. The van der Waals surface area contributed by atoms with E-state index in [1.807, 2.05) is 20.8 Å². The van der Waals surface area contributed by atoms with Crippen molar-refractivity contribution < 1.29 is 13.7 Å². The van der Waals surface area contributed by atoms with Crippen molar-refractivity contribution in [1.29, 1.82) is 0 Å². The molecule has 0 spiro atoms. The molecule has 2 aromatic rings. The first kappa shape index (κ1) is 14.5. The molecule has 1 aromatic heterocycles. The van der Waals surface area contributed by atoms with Crippen LogP contribution in [0.5, 0.6) is 5.75 Å². The fourth-order valence-corrected chi connectivity index (χ4v) is 1.71. The molecular formula is C14H18FN3O2. The SMILES string of the molecule is CC(C)c1nc(COc2cc(F)ccc2[C@H](C)N)no1. The molecule has 0 unspecified atom stereocenters. The van der Waals surface area contributed by atoms with Crippen LogP contribution in [0, 0.1) is 5.82 Å².